The van der Waals surface area contributed by atoms with E-state index in [-0.39, 0.29) is 37.2 Å². The van der Waals surface area contributed by atoms with E-state index in [4.69, 9.17) is 13.9 Å². The molecule has 0 saturated carbocycles. The highest BCUT2D eigenvalue weighted by molar-refractivity contribution is 7.85. The van der Waals surface area contributed by atoms with Crippen molar-refractivity contribution in [3.05, 3.63) is 90.6 Å². The Labute approximate surface area is 297 Å². The fourth-order valence-electron chi connectivity index (χ4n) is 5.02. The zero-order valence-electron chi connectivity index (χ0n) is 26.8. The van der Waals surface area contributed by atoms with Crippen LogP contribution >= 0.6 is 22.7 Å². The number of aliphatic carboxylic acids is 2. The zero-order valence-corrected chi connectivity index (χ0v) is 29.2. The Balaban J connectivity index is 1.82. The van der Waals surface area contributed by atoms with Crippen molar-refractivity contribution in [3.8, 4) is 23.6 Å². The van der Waals surface area contributed by atoms with E-state index in [1.807, 2.05) is 0 Å². The molecule has 19 nitrogen and oxygen atoms in total. The van der Waals surface area contributed by atoms with Crippen molar-refractivity contribution in [1.82, 2.24) is 13.7 Å². The lowest BCUT2D eigenvalue weighted by atomic mass is 10.2. The van der Waals surface area contributed by atoms with Crippen LogP contribution in [-0.4, -0.2) is 68.2 Å². The second-order valence-corrected chi connectivity index (χ2v) is 14.3. The fourth-order valence-corrected chi connectivity index (χ4v) is 7.81. The molecule has 1 aromatic carbocycles. The first-order valence-corrected chi connectivity index (χ1v) is 17.7. The van der Waals surface area contributed by atoms with Gasteiger partial charge in [0.25, 0.3) is 26.8 Å². The third-order valence-electron chi connectivity index (χ3n) is 7.30. The molecule has 270 valence electrons. The molecule has 0 fully saturated rings. The highest BCUT2D eigenvalue weighted by Gasteiger charge is 2.27. The number of thiazole rings is 2. The molecular weight excluding hydrogens is 749 g/mol. The molecule has 1 aliphatic rings. The summed E-state index contributed by atoms with van der Waals surface area (Å²) in [7, 11) is -1.65. The Morgan fingerprint density at radius 3 is 2.23 bits per heavy atom. The Kier molecular flexibility index (Phi) is 10.4. The van der Waals surface area contributed by atoms with Gasteiger partial charge >= 0.3 is 11.9 Å². The molecule has 4 aromatic rings. The monoisotopic (exact) mass is 772 g/mol. The lowest BCUT2D eigenvalue weighted by Crippen LogP contribution is -2.30. The molecule has 3 N–H and O–H groups in total. The van der Waals surface area contributed by atoms with Crippen molar-refractivity contribution < 1.29 is 46.7 Å². The van der Waals surface area contributed by atoms with Gasteiger partial charge in [-0.15, -0.1) is 22.7 Å². The van der Waals surface area contributed by atoms with E-state index >= 15 is 0 Å². The van der Waals surface area contributed by atoms with Gasteiger partial charge in [0.1, 0.15) is 44.8 Å². The summed E-state index contributed by atoms with van der Waals surface area (Å²) in [6.07, 6.45) is 2.61. The first kappa shape index (κ1) is 37.1. The van der Waals surface area contributed by atoms with E-state index in [0.717, 1.165) is 9.13 Å². The highest BCUT2D eigenvalue weighted by Crippen LogP contribution is 2.41. The minimum atomic E-state index is -4.28. The van der Waals surface area contributed by atoms with Gasteiger partial charge in [-0.05, 0) is 24.6 Å². The van der Waals surface area contributed by atoms with Crippen LogP contribution in [0.25, 0.3) is 11.6 Å². The molecule has 0 spiro atoms. The van der Waals surface area contributed by atoms with Crippen LogP contribution in [0.3, 0.4) is 0 Å². The number of allylic oxidation sites excluding steroid dienone is 1. The maximum absolute atomic E-state index is 13.7. The van der Waals surface area contributed by atoms with Gasteiger partial charge < -0.3 is 29.0 Å². The minimum absolute atomic E-state index is 0.0271. The predicted octanol–water partition coefficient (Wildman–Crippen LogP) is -0.827. The highest BCUT2D eigenvalue weighted by atomic mass is 32.2. The fraction of sp³-hybridized carbons (Fsp3) is 0.233. The van der Waals surface area contributed by atoms with Crippen molar-refractivity contribution in [3.63, 3.8) is 0 Å². The molecule has 22 heteroatoms. The third-order valence-corrected chi connectivity index (χ3v) is 10.6. The number of anilines is 1. The average Bonchev–Trinajstić information content (AvgIpc) is 3.77. The zero-order chi connectivity index (χ0) is 38.1. The summed E-state index contributed by atoms with van der Waals surface area (Å²) >= 11 is 1.21. The van der Waals surface area contributed by atoms with Crippen LogP contribution in [0.2, 0.25) is 0 Å². The summed E-state index contributed by atoms with van der Waals surface area (Å²) in [4.78, 5) is 65.7. The molecule has 0 saturated heterocycles. The third kappa shape index (κ3) is 7.31. The molecule has 0 amide bonds. The number of nitriles is 2. The predicted molar refractivity (Wildman–Crippen MR) is 180 cm³/mol. The summed E-state index contributed by atoms with van der Waals surface area (Å²) in [5.74, 6) is -2.58. The van der Waals surface area contributed by atoms with Crippen molar-refractivity contribution in [1.29, 1.82) is 10.5 Å². The van der Waals surface area contributed by atoms with Crippen LogP contribution in [0, 0.1) is 41.9 Å². The second kappa shape index (κ2) is 14.6. The van der Waals surface area contributed by atoms with Gasteiger partial charge in [0.2, 0.25) is 16.8 Å². The molecule has 0 atom stereocenters. The molecule has 0 bridgehead atoms. The Morgan fingerprint density at radius 1 is 0.981 bits per heavy atom. The largest absolute Gasteiger partial charge is 0.497 e. The van der Waals surface area contributed by atoms with E-state index in [1.54, 1.807) is 35.2 Å². The number of ether oxygens (including phenoxy) is 2. The Hall–Kier alpha value is -6.20. The first-order chi connectivity index (χ1) is 24.6. The molecule has 4 heterocycles. The number of carbonyl (C=O) groups is 2. The van der Waals surface area contributed by atoms with Crippen LogP contribution in [0.15, 0.2) is 49.0 Å². The van der Waals surface area contributed by atoms with E-state index < -0.39 is 74.1 Å². The summed E-state index contributed by atoms with van der Waals surface area (Å²) < 4.78 is 50.0. The number of hydrogen-bond donors (Lipinski definition) is 3. The number of methoxy groups -OCH3 is 1. The quantitative estimate of drug-likeness (QED) is 0.166. The maximum atomic E-state index is 13.7. The van der Waals surface area contributed by atoms with Crippen molar-refractivity contribution in [2.24, 2.45) is 7.05 Å². The smallest absolute Gasteiger partial charge is 0.323 e. The normalized spacial score (nSPS) is 14.8. The lowest BCUT2D eigenvalue weighted by molar-refractivity contribution is -0.138. The van der Waals surface area contributed by atoms with Gasteiger partial charge in [0.05, 0.1) is 23.1 Å². The molecule has 0 unspecified atom stereocenters. The SMILES string of the molecule is COc1ccc2c(c1)N(CCCS(=O)(=O)O)C(=CC=c1s/c(=c3/s/c(=c4/oc(=C(C#N)C#N)n(C)c4=O)n(CC(=O)O)c3=O)n(CC(=O)O)c1=O)O2. The number of nitrogens with zero attached hydrogens (tertiary/aromatic N) is 6. The van der Waals surface area contributed by atoms with E-state index in [0.29, 0.717) is 44.4 Å². The summed E-state index contributed by atoms with van der Waals surface area (Å²) in [5.41, 5.74) is -3.92. The summed E-state index contributed by atoms with van der Waals surface area (Å²) in [6, 6.07) is 7.99. The number of fused-ring (bicyclic) bond motifs is 1. The van der Waals surface area contributed by atoms with Crippen molar-refractivity contribution >= 4 is 62.1 Å². The lowest BCUT2D eigenvalue weighted by Gasteiger charge is -2.18. The molecular formula is C30H24N6O13S3. The standard InChI is InChI=1S/C30H24N6O13S3/c1-33-26(42)23(49-28(33)15(11-31)12-32)29-36(14-22(39)40)27(43)24(51-29)30-35(13-21(37)38)25(41)19(50-30)6-7-20-34(8-3-9-52(44,45)46)17-10-16(47-2)4-5-18(17)48-20/h4-7,10H,3,8-9,13-14H2,1-2H3,(H,37,38)(H,39,40)(H,44,45,46)/b19-6?,20-7?,29-23+,30-24+. The van der Waals surface area contributed by atoms with E-state index in [2.05, 4.69) is 0 Å². The van der Waals surface area contributed by atoms with Crippen molar-refractivity contribution in [2.75, 3.05) is 24.3 Å². The topological polar surface area (TPSA) is 277 Å². The molecule has 5 rings (SSSR count). The first-order valence-electron chi connectivity index (χ1n) is 14.5. The van der Waals surface area contributed by atoms with Crippen LogP contribution in [0.5, 0.6) is 11.5 Å². The van der Waals surface area contributed by atoms with Gasteiger partial charge in [-0.1, -0.05) is 0 Å². The van der Waals surface area contributed by atoms with Gasteiger partial charge in [-0.3, -0.25) is 42.2 Å². The van der Waals surface area contributed by atoms with Gasteiger partial charge in [-0.2, -0.15) is 18.9 Å². The van der Waals surface area contributed by atoms with Gasteiger partial charge in [0, 0.05) is 25.7 Å². The summed E-state index contributed by atoms with van der Waals surface area (Å²) in [6.45, 7) is -1.86. The number of benzene rings is 1. The number of rotatable bonds is 10. The number of carboxylic acid groups (broad SMARTS) is 2. The number of carboxylic acids is 2. The second-order valence-electron chi connectivity index (χ2n) is 10.7. The Bertz CT molecular complexity index is 2880. The average molecular weight is 773 g/mol. The summed E-state index contributed by atoms with van der Waals surface area (Å²) in [5, 5.41) is 37.8. The maximum Gasteiger partial charge on any atom is 0.323 e. The number of hydrogen-bond acceptors (Lipinski definition) is 15. The van der Waals surface area contributed by atoms with Crippen LogP contribution in [0.1, 0.15) is 6.42 Å². The van der Waals surface area contributed by atoms with Crippen LogP contribution in [-0.2, 0) is 39.8 Å². The molecule has 1 aliphatic heterocycles. The molecule has 0 radical (unpaired) electrons. The minimum Gasteiger partial charge on any atom is -0.497 e. The van der Waals surface area contributed by atoms with Crippen LogP contribution in [0.4, 0.5) is 5.69 Å². The number of aromatic nitrogens is 3. The molecule has 3 aromatic heterocycles. The van der Waals surface area contributed by atoms with E-state index in [1.165, 1.54) is 26.3 Å². The Morgan fingerprint density at radius 2 is 1.63 bits per heavy atom. The van der Waals surface area contributed by atoms with Gasteiger partial charge in [-0.25, -0.2) is 0 Å². The number of oxazole rings is 1. The molecule has 52 heavy (non-hydrogen) atoms. The van der Waals surface area contributed by atoms with Crippen LogP contribution < -0.4 is 41.1 Å². The van der Waals surface area contributed by atoms with Gasteiger partial charge in [0.15, 0.2) is 11.3 Å². The molecule has 0 aliphatic carbocycles. The van der Waals surface area contributed by atoms with Crippen molar-refractivity contribution in [2.45, 2.75) is 19.5 Å². The van der Waals surface area contributed by atoms with E-state index in [9.17, 15) is 57.7 Å².